The summed E-state index contributed by atoms with van der Waals surface area (Å²) in [7, 11) is 0. The first-order valence-electron chi connectivity index (χ1n) is 6.34. The molecule has 1 fully saturated rings. The van der Waals surface area contributed by atoms with Gasteiger partial charge < -0.3 is 20.5 Å². The quantitative estimate of drug-likeness (QED) is 0.790. The summed E-state index contributed by atoms with van der Waals surface area (Å²) >= 11 is 0. The molecule has 1 aromatic rings. The van der Waals surface area contributed by atoms with Gasteiger partial charge in [0.25, 0.3) is 0 Å². The van der Waals surface area contributed by atoms with Crippen molar-refractivity contribution in [2.24, 2.45) is 0 Å². The molecule has 6 nitrogen and oxygen atoms in total. The number of nitrogens with one attached hydrogen (secondary N) is 2. The molecule has 2 unspecified atom stereocenters. The smallest absolute Gasteiger partial charge is 0.332 e. The van der Waals surface area contributed by atoms with Crippen LogP contribution in [0.2, 0.25) is 0 Å². The van der Waals surface area contributed by atoms with E-state index in [1.165, 1.54) is 6.07 Å². The molecule has 21 heavy (non-hydrogen) atoms. The lowest BCUT2D eigenvalue weighted by Gasteiger charge is -2.13. The first kappa shape index (κ1) is 15.2. The third-order valence-electron chi connectivity index (χ3n) is 3.07. The highest BCUT2D eigenvalue weighted by Gasteiger charge is 2.30. The molecular weight excluding hydrogens is 286 g/mol. The molecule has 2 amide bonds. The standard InChI is InChI=1S/C13H14F2N2O4/c14-8-2-1-3-9(15)11(8)17-13(20)16-6-7-4-5-10(21-7)12(18)19/h1-3,7,10H,4-6H2,(H,18,19)(H2,16,17,20). The second kappa shape index (κ2) is 6.49. The Bertz CT molecular complexity index is 533. The zero-order chi connectivity index (χ0) is 15.4. The normalized spacial score (nSPS) is 21.0. The Morgan fingerprint density at radius 1 is 1.29 bits per heavy atom. The summed E-state index contributed by atoms with van der Waals surface area (Å²) in [5, 5.41) is 13.2. The van der Waals surface area contributed by atoms with Gasteiger partial charge in [0, 0.05) is 6.54 Å². The molecule has 0 saturated carbocycles. The van der Waals surface area contributed by atoms with Crippen molar-refractivity contribution in [3.8, 4) is 0 Å². The number of benzene rings is 1. The van der Waals surface area contributed by atoms with Crippen LogP contribution in [0.4, 0.5) is 19.3 Å². The fourth-order valence-electron chi connectivity index (χ4n) is 2.02. The Hall–Kier alpha value is -2.22. The van der Waals surface area contributed by atoms with E-state index in [4.69, 9.17) is 9.84 Å². The van der Waals surface area contributed by atoms with Gasteiger partial charge in [0.15, 0.2) is 6.10 Å². The van der Waals surface area contributed by atoms with Crippen molar-refractivity contribution in [1.29, 1.82) is 0 Å². The Labute approximate surface area is 119 Å². The average Bonchev–Trinajstić information content (AvgIpc) is 2.90. The molecule has 1 heterocycles. The predicted molar refractivity (Wildman–Crippen MR) is 68.9 cm³/mol. The number of carbonyl (C=O) groups excluding carboxylic acids is 1. The van der Waals surface area contributed by atoms with Crippen LogP contribution in [-0.2, 0) is 9.53 Å². The van der Waals surface area contributed by atoms with E-state index in [-0.39, 0.29) is 6.54 Å². The van der Waals surface area contributed by atoms with Crippen LogP contribution in [0, 0.1) is 11.6 Å². The maximum atomic E-state index is 13.3. The predicted octanol–water partition coefficient (Wildman–Crippen LogP) is 1.72. The number of amides is 2. The van der Waals surface area contributed by atoms with E-state index in [1.54, 1.807) is 0 Å². The number of para-hydroxylation sites is 1. The number of hydrogen-bond acceptors (Lipinski definition) is 3. The zero-order valence-electron chi connectivity index (χ0n) is 10.9. The van der Waals surface area contributed by atoms with Crippen LogP contribution in [0.15, 0.2) is 18.2 Å². The van der Waals surface area contributed by atoms with Gasteiger partial charge in [-0.3, -0.25) is 0 Å². The molecule has 0 radical (unpaired) electrons. The van der Waals surface area contributed by atoms with Gasteiger partial charge in [-0.25, -0.2) is 18.4 Å². The summed E-state index contributed by atoms with van der Waals surface area (Å²) in [5.41, 5.74) is -0.536. The Morgan fingerprint density at radius 3 is 2.52 bits per heavy atom. The molecule has 0 aromatic heterocycles. The molecule has 2 atom stereocenters. The van der Waals surface area contributed by atoms with Gasteiger partial charge in [0.2, 0.25) is 0 Å². The second-order valence-corrected chi connectivity index (χ2v) is 4.59. The molecule has 0 spiro atoms. The molecule has 1 saturated heterocycles. The van der Waals surface area contributed by atoms with Gasteiger partial charge >= 0.3 is 12.0 Å². The van der Waals surface area contributed by atoms with Crippen LogP contribution >= 0.6 is 0 Å². The van der Waals surface area contributed by atoms with E-state index < -0.39 is 41.5 Å². The Morgan fingerprint density at radius 2 is 1.95 bits per heavy atom. The third-order valence-corrected chi connectivity index (χ3v) is 3.07. The van der Waals surface area contributed by atoms with Crippen molar-refractivity contribution in [3.05, 3.63) is 29.8 Å². The van der Waals surface area contributed by atoms with Gasteiger partial charge in [-0.15, -0.1) is 0 Å². The number of anilines is 1. The third kappa shape index (κ3) is 3.88. The summed E-state index contributed by atoms with van der Waals surface area (Å²) in [4.78, 5) is 22.3. The number of hydrogen-bond donors (Lipinski definition) is 3. The molecule has 1 aliphatic heterocycles. The van der Waals surface area contributed by atoms with Gasteiger partial charge in [-0.2, -0.15) is 0 Å². The summed E-state index contributed by atoms with van der Waals surface area (Å²) in [6.45, 7) is 0.0612. The zero-order valence-corrected chi connectivity index (χ0v) is 10.9. The molecule has 1 aliphatic rings. The van der Waals surface area contributed by atoms with Crippen LogP contribution in [0.1, 0.15) is 12.8 Å². The van der Waals surface area contributed by atoms with E-state index >= 15 is 0 Å². The number of urea groups is 1. The highest BCUT2D eigenvalue weighted by Crippen LogP contribution is 2.20. The lowest BCUT2D eigenvalue weighted by Crippen LogP contribution is -2.36. The first-order chi connectivity index (χ1) is 9.97. The van der Waals surface area contributed by atoms with E-state index in [0.29, 0.717) is 12.8 Å². The maximum Gasteiger partial charge on any atom is 0.332 e. The van der Waals surface area contributed by atoms with E-state index in [2.05, 4.69) is 10.6 Å². The number of halogens is 2. The van der Waals surface area contributed by atoms with Gasteiger partial charge in [-0.1, -0.05) is 6.07 Å². The number of aliphatic carboxylic acids is 1. The van der Waals surface area contributed by atoms with Crippen molar-refractivity contribution in [2.75, 3.05) is 11.9 Å². The lowest BCUT2D eigenvalue weighted by molar-refractivity contribution is -0.149. The number of rotatable bonds is 4. The van der Waals surface area contributed by atoms with Gasteiger partial charge in [0.1, 0.15) is 17.3 Å². The number of carbonyl (C=O) groups is 2. The first-order valence-corrected chi connectivity index (χ1v) is 6.34. The summed E-state index contributed by atoms with van der Waals surface area (Å²) in [6, 6.07) is 2.44. The van der Waals surface area contributed by atoms with Crippen molar-refractivity contribution >= 4 is 17.7 Å². The molecule has 114 valence electrons. The molecule has 2 rings (SSSR count). The lowest BCUT2D eigenvalue weighted by atomic mass is 10.2. The van der Waals surface area contributed by atoms with Crippen LogP contribution in [0.25, 0.3) is 0 Å². The minimum atomic E-state index is -1.05. The topological polar surface area (TPSA) is 87.7 Å². The van der Waals surface area contributed by atoms with E-state index in [9.17, 15) is 18.4 Å². The summed E-state index contributed by atoms with van der Waals surface area (Å²) < 4.78 is 31.8. The molecular formula is C13H14F2N2O4. The maximum absolute atomic E-state index is 13.3. The summed E-state index contributed by atoms with van der Waals surface area (Å²) in [5.74, 6) is -2.81. The van der Waals surface area contributed by atoms with Crippen molar-refractivity contribution in [3.63, 3.8) is 0 Å². The minimum absolute atomic E-state index is 0.0612. The number of ether oxygens (including phenoxy) is 1. The van der Waals surface area contributed by atoms with Crippen LogP contribution < -0.4 is 10.6 Å². The van der Waals surface area contributed by atoms with Crippen molar-refractivity contribution in [2.45, 2.75) is 25.0 Å². The fraction of sp³-hybridized carbons (Fsp3) is 0.385. The van der Waals surface area contributed by atoms with Gasteiger partial charge in [0.05, 0.1) is 6.10 Å². The average molecular weight is 300 g/mol. The molecule has 0 aliphatic carbocycles. The monoisotopic (exact) mass is 300 g/mol. The van der Waals surface area contributed by atoms with Crippen LogP contribution in [0.5, 0.6) is 0 Å². The van der Waals surface area contributed by atoms with Crippen LogP contribution in [-0.4, -0.2) is 35.9 Å². The highest BCUT2D eigenvalue weighted by atomic mass is 19.1. The number of carboxylic acid groups (broad SMARTS) is 1. The number of carboxylic acids is 1. The highest BCUT2D eigenvalue weighted by molar-refractivity contribution is 5.89. The Kier molecular flexibility index (Phi) is 4.69. The fourth-order valence-corrected chi connectivity index (χ4v) is 2.02. The molecule has 0 bridgehead atoms. The SMILES string of the molecule is O=C(NCC1CCC(C(=O)O)O1)Nc1c(F)cccc1F. The Balaban J connectivity index is 1.82. The molecule has 3 N–H and O–H groups in total. The van der Waals surface area contributed by atoms with Crippen molar-refractivity contribution < 1.29 is 28.2 Å². The van der Waals surface area contributed by atoms with E-state index in [1.807, 2.05) is 0 Å². The summed E-state index contributed by atoms with van der Waals surface area (Å²) in [6.07, 6.45) is -0.442. The minimum Gasteiger partial charge on any atom is -0.479 e. The second-order valence-electron chi connectivity index (χ2n) is 4.59. The van der Waals surface area contributed by atoms with E-state index in [0.717, 1.165) is 12.1 Å². The largest absolute Gasteiger partial charge is 0.479 e. The van der Waals surface area contributed by atoms with Gasteiger partial charge in [-0.05, 0) is 25.0 Å². The van der Waals surface area contributed by atoms with Crippen molar-refractivity contribution in [1.82, 2.24) is 5.32 Å². The molecule has 8 heteroatoms. The van der Waals surface area contributed by atoms with Crippen LogP contribution in [0.3, 0.4) is 0 Å². The molecule has 1 aromatic carbocycles.